The summed E-state index contributed by atoms with van der Waals surface area (Å²) in [7, 11) is 0. The van der Waals surface area contributed by atoms with Crippen LogP contribution in [0.4, 0.5) is 0 Å². The molecule has 0 aliphatic rings. The van der Waals surface area contributed by atoms with E-state index >= 15 is 0 Å². The first-order valence-electron chi connectivity index (χ1n) is 4.21. The van der Waals surface area contributed by atoms with Gasteiger partial charge in [0.2, 0.25) is 0 Å². The first-order chi connectivity index (χ1) is 5.41. The normalized spacial score (nSPS) is 9.33. The van der Waals surface area contributed by atoms with Crippen LogP contribution in [0.2, 0.25) is 0 Å². The Morgan fingerprint density at radius 2 is 1.53 bits per heavy atom. The van der Waals surface area contributed by atoms with Gasteiger partial charge in [0, 0.05) is 0 Å². The smallest absolute Gasteiger partial charge is 0.508 e. The standard InChI is InChI=1S/C11H16O.2CH3.Ti/c1-8-5-6-10(12)9(7-8)11(2,3)4;;;/h5-7,12H,1-4H3;2*1H3;/q;2*-1;+2. The maximum absolute atomic E-state index is 9.57. The number of benzene rings is 1. The molecule has 2 heteroatoms. The van der Waals surface area contributed by atoms with Gasteiger partial charge in [-0.1, -0.05) is 38.5 Å². The van der Waals surface area contributed by atoms with Crippen molar-refractivity contribution < 1.29 is 26.8 Å². The van der Waals surface area contributed by atoms with Crippen molar-refractivity contribution in [2.24, 2.45) is 0 Å². The van der Waals surface area contributed by atoms with E-state index in [2.05, 4.69) is 20.8 Å². The fourth-order valence-corrected chi connectivity index (χ4v) is 1.25. The van der Waals surface area contributed by atoms with Crippen LogP contribution in [-0.4, -0.2) is 5.11 Å². The molecule has 0 heterocycles. The predicted molar refractivity (Wildman–Crippen MR) is 64.4 cm³/mol. The molecule has 0 aromatic heterocycles. The van der Waals surface area contributed by atoms with Gasteiger partial charge in [0.25, 0.3) is 0 Å². The van der Waals surface area contributed by atoms with E-state index in [1.54, 1.807) is 6.07 Å². The zero-order valence-electron chi connectivity index (χ0n) is 10.7. The third-order valence-electron chi connectivity index (χ3n) is 1.96. The van der Waals surface area contributed by atoms with Crippen LogP contribution in [0.1, 0.15) is 31.9 Å². The Morgan fingerprint density at radius 1 is 1.07 bits per heavy atom. The van der Waals surface area contributed by atoms with E-state index in [4.69, 9.17) is 0 Å². The fourth-order valence-electron chi connectivity index (χ4n) is 1.25. The topological polar surface area (TPSA) is 20.2 Å². The second-order valence-corrected chi connectivity index (χ2v) is 4.27. The Kier molecular flexibility index (Phi) is 9.53. The number of phenols is 1. The van der Waals surface area contributed by atoms with Crippen molar-refractivity contribution in [2.75, 3.05) is 0 Å². The summed E-state index contributed by atoms with van der Waals surface area (Å²) < 4.78 is 0. The molecule has 0 aliphatic heterocycles. The van der Waals surface area contributed by atoms with E-state index in [-0.39, 0.29) is 42.0 Å². The maximum atomic E-state index is 9.57. The number of phenolic OH excluding ortho intramolecular Hbond substituents is 1. The Morgan fingerprint density at radius 3 is 1.87 bits per heavy atom. The molecule has 1 nitrogen and oxygen atoms in total. The molecule has 0 amide bonds. The van der Waals surface area contributed by atoms with E-state index in [1.165, 1.54) is 5.56 Å². The molecule has 1 aromatic carbocycles. The van der Waals surface area contributed by atoms with Crippen LogP contribution in [0.15, 0.2) is 18.2 Å². The summed E-state index contributed by atoms with van der Waals surface area (Å²) in [5.41, 5.74) is 2.23. The van der Waals surface area contributed by atoms with E-state index in [0.29, 0.717) is 5.75 Å². The third kappa shape index (κ3) is 5.39. The van der Waals surface area contributed by atoms with Crippen LogP contribution in [0.5, 0.6) is 5.75 Å². The summed E-state index contributed by atoms with van der Waals surface area (Å²) in [6, 6.07) is 5.72. The second kappa shape index (κ2) is 7.08. The van der Waals surface area contributed by atoms with Gasteiger partial charge in [0.1, 0.15) is 5.75 Å². The average molecular weight is 242 g/mol. The minimum Gasteiger partial charge on any atom is -0.508 e. The third-order valence-corrected chi connectivity index (χ3v) is 1.96. The summed E-state index contributed by atoms with van der Waals surface area (Å²) in [5.74, 6) is 0.396. The van der Waals surface area contributed by atoms with Crippen LogP contribution < -0.4 is 0 Å². The first-order valence-corrected chi connectivity index (χ1v) is 4.21. The minimum atomic E-state index is 0. The van der Waals surface area contributed by atoms with Crippen molar-refractivity contribution in [3.05, 3.63) is 44.2 Å². The summed E-state index contributed by atoms with van der Waals surface area (Å²) in [5, 5.41) is 9.57. The molecular formula is C13H22OTi. The van der Waals surface area contributed by atoms with Crippen molar-refractivity contribution in [3.8, 4) is 5.75 Å². The van der Waals surface area contributed by atoms with Crippen LogP contribution in [0.3, 0.4) is 0 Å². The number of hydrogen-bond acceptors (Lipinski definition) is 1. The van der Waals surface area contributed by atoms with Gasteiger partial charge in [-0.2, -0.15) is 0 Å². The Hall–Kier alpha value is -0.266. The molecule has 0 unspecified atom stereocenters. The second-order valence-electron chi connectivity index (χ2n) is 4.27. The Balaban J connectivity index is -0.000000480. The zero-order valence-corrected chi connectivity index (χ0v) is 12.2. The minimum absolute atomic E-state index is 0. The van der Waals surface area contributed by atoms with Crippen molar-refractivity contribution in [1.29, 1.82) is 0 Å². The van der Waals surface area contributed by atoms with E-state index < -0.39 is 0 Å². The van der Waals surface area contributed by atoms with Gasteiger partial charge < -0.3 is 20.0 Å². The summed E-state index contributed by atoms with van der Waals surface area (Å²) in [6.45, 7) is 8.33. The Labute approximate surface area is 110 Å². The molecule has 0 aliphatic carbocycles. The molecule has 0 radical (unpaired) electrons. The van der Waals surface area contributed by atoms with Gasteiger partial charge in [0.15, 0.2) is 0 Å². The van der Waals surface area contributed by atoms with Crippen LogP contribution >= 0.6 is 0 Å². The number of rotatable bonds is 0. The molecule has 0 saturated carbocycles. The van der Waals surface area contributed by atoms with Crippen LogP contribution in [0, 0.1) is 21.8 Å². The SMILES string of the molecule is Cc1ccc(O)c(C(C)(C)C)c1.[CH3-].[CH3-].[Ti+2]. The van der Waals surface area contributed by atoms with Crippen LogP contribution in [-0.2, 0) is 27.1 Å². The summed E-state index contributed by atoms with van der Waals surface area (Å²) in [6.07, 6.45) is 0. The monoisotopic (exact) mass is 242 g/mol. The van der Waals surface area contributed by atoms with E-state index in [1.807, 2.05) is 19.1 Å². The molecule has 84 valence electrons. The predicted octanol–water partition coefficient (Wildman–Crippen LogP) is 3.90. The molecule has 15 heavy (non-hydrogen) atoms. The molecule has 0 atom stereocenters. The van der Waals surface area contributed by atoms with Crippen molar-refractivity contribution >= 4 is 0 Å². The molecule has 1 aromatic rings. The van der Waals surface area contributed by atoms with Crippen molar-refractivity contribution in [2.45, 2.75) is 33.1 Å². The summed E-state index contributed by atoms with van der Waals surface area (Å²) >= 11 is 0. The van der Waals surface area contributed by atoms with Gasteiger partial charge in [-0.3, -0.25) is 0 Å². The fraction of sp³-hybridized carbons (Fsp3) is 0.385. The van der Waals surface area contributed by atoms with Gasteiger partial charge in [0.05, 0.1) is 0 Å². The van der Waals surface area contributed by atoms with E-state index in [9.17, 15) is 5.11 Å². The van der Waals surface area contributed by atoms with E-state index in [0.717, 1.165) is 5.56 Å². The quantitative estimate of drug-likeness (QED) is 0.540. The first kappa shape index (κ1) is 20.2. The molecule has 0 bridgehead atoms. The van der Waals surface area contributed by atoms with Gasteiger partial charge in [-0.05, 0) is 24.0 Å². The molecule has 0 spiro atoms. The molecule has 1 rings (SSSR count). The largest absolute Gasteiger partial charge is 2.00 e. The Bertz CT molecular complexity index is 287. The average Bonchev–Trinajstić information content (AvgIpc) is 1.92. The van der Waals surface area contributed by atoms with Crippen molar-refractivity contribution in [3.63, 3.8) is 0 Å². The zero-order chi connectivity index (χ0) is 9.35. The summed E-state index contributed by atoms with van der Waals surface area (Å²) in [4.78, 5) is 0. The van der Waals surface area contributed by atoms with Gasteiger partial charge >= 0.3 is 21.7 Å². The number of aryl methyl sites for hydroxylation is 1. The maximum Gasteiger partial charge on any atom is 2.00 e. The van der Waals surface area contributed by atoms with Gasteiger partial charge in [-0.25, -0.2) is 0 Å². The molecular weight excluding hydrogens is 220 g/mol. The molecule has 0 fully saturated rings. The van der Waals surface area contributed by atoms with Crippen molar-refractivity contribution in [1.82, 2.24) is 0 Å². The number of aromatic hydroxyl groups is 1. The number of hydrogen-bond donors (Lipinski definition) is 1. The molecule has 0 saturated heterocycles. The van der Waals surface area contributed by atoms with Gasteiger partial charge in [-0.15, -0.1) is 0 Å². The molecule has 1 N–H and O–H groups in total. The van der Waals surface area contributed by atoms with Crippen LogP contribution in [0.25, 0.3) is 0 Å².